The molecule has 0 radical (unpaired) electrons. The van der Waals surface area contributed by atoms with Gasteiger partial charge in [0.1, 0.15) is 5.60 Å². The van der Waals surface area contributed by atoms with E-state index in [-0.39, 0.29) is 0 Å². The summed E-state index contributed by atoms with van der Waals surface area (Å²) in [5.74, 6) is 1.19. The molecule has 0 saturated carbocycles. The summed E-state index contributed by atoms with van der Waals surface area (Å²) in [4.78, 5) is 8.62. The highest BCUT2D eigenvalue weighted by atomic mass is 16.5. The number of pyridine rings is 1. The van der Waals surface area contributed by atoms with Gasteiger partial charge in [0, 0.05) is 37.6 Å². The Labute approximate surface area is 148 Å². The maximum Gasteiger partial charge on any atom is 0.213 e. The lowest BCUT2D eigenvalue weighted by Crippen LogP contribution is -2.44. The Morgan fingerprint density at radius 1 is 1.44 bits per heavy atom. The van der Waals surface area contributed by atoms with Crippen LogP contribution in [0.4, 0.5) is 0 Å². The van der Waals surface area contributed by atoms with Gasteiger partial charge in [0.05, 0.1) is 26.4 Å². The Balaban J connectivity index is 2.01. The lowest BCUT2D eigenvalue weighted by Gasteiger charge is -2.23. The van der Waals surface area contributed by atoms with Gasteiger partial charge in [0.15, 0.2) is 5.96 Å². The number of nitrogens with one attached hydrogen (secondary N) is 2. The standard InChI is InChI=1S/C17H26N6O2/c1-5-18-16(20-9-13-6-7-19-15(8-13)25-4)21-12-17(2,24)14-10-22-23(3)11-14/h6-8,10-11,24H,5,9,12H2,1-4H3,(H2,18,20,21). The molecule has 1 unspecified atom stereocenters. The number of hydrogen-bond donors (Lipinski definition) is 3. The van der Waals surface area contributed by atoms with Gasteiger partial charge in [-0.1, -0.05) is 0 Å². The Bertz CT molecular complexity index is 711. The van der Waals surface area contributed by atoms with Crippen LogP contribution in [0.15, 0.2) is 35.7 Å². The second-order valence-electron chi connectivity index (χ2n) is 5.93. The molecule has 25 heavy (non-hydrogen) atoms. The van der Waals surface area contributed by atoms with E-state index in [0.717, 1.165) is 17.7 Å². The molecule has 2 aromatic rings. The van der Waals surface area contributed by atoms with Gasteiger partial charge in [-0.2, -0.15) is 5.10 Å². The fourth-order valence-corrected chi connectivity index (χ4v) is 2.23. The summed E-state index contributed by atoms with van der Waals surface area (Å²) in [5.41, 5.74) is 0.685. The van der Waals surface area contributed by atoms with Crippen LogP contribution in [0.25, 0.3) is 0 Å². The Morgan fingerprint density at radius 2 is 2.24 bits per heavy atom. The molecule has 0 aromatic carbocycles. The number of rotatable bonds is 7. The van der Waals surface area contributed by atoms with E-state index in [9.17, 15) is 5.11 Å². The molecule has 0 saturated heterocycles. The van der Waals surface area contributed by atoms with Crippen LogP contribution < -0.4 is 15.4 Å². The molecule has 8 nitrogen and oxygen atoms in total. The second-order valence-corrected chi connectivity index (χ2v) is 5.93. The van der Waals surface area contributed by atoms with Crippen molar-refractivity contribution in [3.63, 3.8) is 0 Å². The van der Waals surface area contributed by atoms with Crippen molar-refractivity contribution in [2.45, 2.75) is 26.0 Å². The van der Waals surface area contributed by atoms with E-state index in [1.807, 2.05) is 26.1 Å². The van der Waals surface area contributed by atoms with Crippen molar-refractivity contribution in [1.82, 2.24) is 25.4 Å². The molecule has 8 heteroatoms. The predicted octanol–water partition coefficient (Wildman–Crippen LogP) is 0.787. The second kappa shape index (κ2) is 8.48. The van der Waals surface area contributed by atoms with Crippen LogP contribution in [0, 0.1) is 0 Å². The third kappa shape index (κ3) is 5.46. The molecule has 0 spiro atoms. The van der Waals surface area contributed by atoms with Crippen LogP contribution in [0.5, 0.6) is 5.88 Å². The van der Waals surface area contributed by atoms with Crippen LogP contribution in [0.1, 0.15) is 25.0 Å². The normalized spacial score (nSPS) is 14.0. The van der Waals surface area contributed by atoms with E-state index in [0.29, 0.717) is 24.9 Å². The van der Waals surface area contributed by atoms with Crippen LogP contribution in [-0.4, -0.2) is 46.0 Å². The molecule has 3 N–H and O–H groups in total. The first kappa shape index (κ1) is 18.7. The van der Waals surface area contributed by atoms with Crippen molar-refractivity contribution in [2.75, 3.05) is 20.2 Å². The highest BCUT2D eigenvalue weighted by Crippen LogP contribution is 2.18. The van der Waals surface area contributed by atoms with Crippen molar-refractivity contribution in [2.24, 2.45) is 12.0 Å². The first-order valence-corrected chi connectivity index (χ1v) is 8.17. The largest absolute Gasteiger partial charge is 0.481 e. The number of ether oxygens (including phenoxy) is 1. The number of aliphatic hydroxyl groups is 1. The summed E-state index contributed by atoms with van der Waals surface area (Å²) in [5, 5.41) is 21.1. The summed E-state index contributed by atoms with van der Waals surface area (Å²) < 4.78 is 6.79. The zero-order chi connectivity index (χ0) is 18.3. The molecule has 0 aliphatic rings. The van der Waals surface area contributed by atoms with Crippen LogP contribution in [0.2, 0.25) is 0 Å². The number of nitrogens with zero attached hydrogens (tertiary/aromatic N) is 4. The Morgan fingerprint density at radius 3 is 2.88 bits per heavy atom. The maximum absolute atomic E-state index is 10.6. The van der Waals surface area contributed by atoms with Gasteiger partial charge in [-0.05, 0) is 25.5 Å². The van der Waals surface area contributed by atoms with E-state index in [2.05, 4.69) is 25.7 Å². The molecular weight excluding hydrogens is 320 g/mol. The predicted molar refractivity (Wildman–Crippen MR) is 96.4 cm³/mol. The number of aromatic nitrogens is 3. The van der Waals surface area contributed by atoms with Gasteiger partial charge in [0.25, 0.3) is 0 Å². The van der Waals surface area contributed by atoms with Crippen molar-refractivity contribution < 1.29 is 9.84 Å². The molecule has 0 aliphatic carbocycles. The van der Waals surface area contributed by atoms with Gasteiger partial charge in [-0.25, -0.2) is 9.98 Å². The Hall–Kier alpha value is -2.61. The highest BCUT2D eigenvalue weighted by Gasteiger charge is 2.24. The van der Waals surface area contributed by atoms with Crippen LogP contribution in [-0.2, 0) is 19.2 Å². The van der Waals surface area contributed by atoms with E-state index in [4.69, 9.17) is 4.74 Å². The molecule has 0 amide bonds. The summed E-state index contributed by atoms with van der Waals surface area (Å²) in [6, 6.07) is 3.74. The van der Waals surface area contributed by atoms with E-state index < -0.39 is 5.60 Å². The lowest BCUT2D eigenvalue weighted by atomic mass is 10.00. The molecule has 0 bridgehead atoms. The van der Waals surface area contributed by atoms with Gasteiger partial charge >= 0.3 is 0 Å². The van der Waals surface area contributed by atoms with Gasteiger partial charge in [-0.3, -0.25) is 4.68 Å². The van der Waals surface area contributed by atoms with Crippen LogP contribution in [0.3, 0.4) is 0 Å². The molecule has 2 aromatic heterocycles. The molecule has 2 rings (SSSR count). The maximum atomic E-state index is 10.6. The van der Waals surface area contributed by atoms with Gasteiger partial charge in [-0.15, -0.1) is 0 Å². The monoisotopic (exact) mass is 346 g/mol. The number of hydrogen-bond acceptors (Lipinski definition) is 5. The topological polar surface area (TPSA) is 96.6 Å². The highest BCUT2D eigenvalue weighted by molar-refractivity contribution is 5.79. The van der Waals surface area contributed by atoms with Gasteiger partial charge in [0.2, 0.25) is 5.88 Å². The number of guanidine groups is 1. The fraction of sp³-hybridized carbons (Fsp3) is 0.471. The van der Waals surface area contributed by atoms with E-state index in [1.165, 1.54) is 0 Å². The number of aliphatic imine (C=N–C) groups is 1. The first-order valence-electron chi connectivity index (χ1n) is 8.17. The third-order valence-corrected chi connectivity index (χ3v) is 3.70. The average molecular weight is 346 g/mol. The van der Waals surface area contributed by atoms with Crippen LogP contribution >= 0.6 is 0 Å². The van der Waals surface area contributed by atoms with E-state index in [1.54, 1.807) is 37.3 Å². The lowest BCUT2D eigenvalue weighted by molar-refractivity contribution is 0.0616. The first-order chi connectivity index (χ1) is 11.9. The third-order valence-electron chi connectivity index (χ3n) is 3.70. The molecule has 2 heterocycles. The molecule has 136 valence electrons. The smallest absolute Gasteiger partial charge is 0.213 e. The minimum atomic E-state index is -1.05. The fourth-order valence-electron chi connectivity index (χ4n) is 2.23. The quantitative estimate of drug-likeness (QED) is 0.507. The molecule has 0 fully saturated rings. The summed E-state index contributed by atoms with van der Waals surface area (Å²) in [6.07, 6.45) is 5.15. The zero-order valence-electron chi connectivity index (χ0n) is 15.2. The SMILES string of the molecule is CCNC(=NCc1ccnc(OC)c1)NCC(C)(O)c1cnn(C)c1. The van der Waals surface area contributed by atoms with Crippen molar-refractivity contribution in [3.05, 3.63) is 41.9 Å². The van der Waals surface area contributed by atoms with Gasteiger partial charge < -0.3 is 20.5 Å². The van der Waals surface area contributed by atoms with E-state index >= 15 is 0 Å². The summed E-state index contributed by atoms with van der Waals surface area (Å²) in [7, 11) is 3.41. The minimum absolute atomic E-state index is 0.310. The summed E-state index contributed by atoms with van der Waals surface area (Å²) >= 11 is 0. The van der Waals surface area contributed by atoms with Crippen molar-refractivity contribution in [3.8, 4) is 5.88 Å². The number of methoxy groups -OCH3 is 1. The molecule has 1 atom stereocenters. The number of aryl methyl sites for hydroxylation is 1. The summed E-state index contributed by atoms with van der Waals surface area (Å²) in [6.45, 7) is 5.24. The Kier molecular flexibility index (Phi) is 6.35. The van der Waals surface area contributed by atoms with Crippen molar-refractivity contribution in [1.29, 1.82) is 0 Å². The minimum Gasteiger partial charge on any atom is -0.481 e. The van der Waals surface area contributed by atoms with Crippen molar-refractivity contribution >= 4 is 5.96 Å². The molecule has 0 aliphatic heterocycles. The molecular formula is C17H26N6O2. The average Bonchev–Trinajstić information content (AvgIpc) is 3.05. The zero-order valence-corrected chi connectivity index (χ0v) is 15.2.